The van der Waals surface area contributed by atoms with E-state index < -0.39 is 11.5 Å². The largest absolute Gasteiger partial charge is 0.296 e. The first-order valence-corrected chi connectivity index (χ1v) is 7.20. The van der Waals surface area contributed by atoms with Gasteiger partial charge in [-0.1, -0.05) is 0 Å². The number of aromatic amines is 1. The highest BCUT2D eigenvalue weighted by atomic mass is 35.5. The van der Waals surface area contributed by atoms with Crippen molar-refractivity contribution in [2.45, 2.75) is 26.7 Å². The predicted molar refractivity (Wildman–Crippen MR) is 83.5 cm³/mol. The summed E-state index contributed by atoms with van der Waals surface area (Å²) < 4.78 is 28.5. The Morgan fingerprint density at radius 1 is 1.26 bits per heavy atom. The van der Waals surface area contributed by atoms with Gasteiger partial charge in [-0.25, -0.2) is 13.5 Å². The molecule has 0 radical (unpaired) electrons. The summed E-state index contributed by atoms with van der Waals surface area (Å²) in [6.07, 6.45) is 1.51. The molecule has 0 bridgehead atoms. The predicted octanol–water partition coefficient (Wildman–Crippen LogP) is 3.49. The standard InChI is InChI=1S/C15H13ClF2N4O/c1-7-4-9(15(3,17)18)5-8(2)11(7)22-6-10-12(21-22)19-14(16)20-13(10)23/h4-6H,1-3H3,(H,19,20,21,23). The average molecular weight is 339 g/mol. The zero-order chi connectivity index (χ0) is 16.9. The Bertz CT molecular complexity index is 949. The molecule has 0 aliphatic carbocycles. The first-order valence-electron chi connectivity index (χ1n) is 6.82. The van der Waals surface area contributed by atoms with Gasteiger partial charge in [0.2, 0.25) is 5.28 Å². The summed E-state index contributed by atoms with van der Waals surface area (Å²) >= 11 is 5.71. The van der Waals surface area contributed by atoms with Crippen molar-refractivity contribution in [3.8, 4) is 5.69 Å². The monoisotopic (exact) mass is 338 g/mol. The number of halogens is 3. The number of H-pyrrole nitrogens is 1. The SMILES string of the molecule is Cc1cc(C(C)(F)F)cc(C)c1-n1cc2c(=O)[nH]c(Cl)nc2n1. The van der Waals surface area contributed by atoms with Crippen LogP contribution in [0.3, 0.4) is 0 Å². The molecule has 0 aliphatic heterocycles. The van der Waals surface area contributed by atoms with Gasteiger partial charge in [-0.3, -0.25) is 9.78 Å². The second kappa shape index (κ2) is 5.13. The molecular weight excluding hydrogens is 326 g/mol. The summed E-state index contributed by atoms with van der Waals surface area (Å²) in [6.45, 7) is 4.29. The third-order valence-corrected chi connectivity index (χ3v) is 3.77. The smallest absolute Gasteiger partial charge is 0.270 e. The van der Waals surface area contributed by atoms with Crippen LogP contribution in [0.25, 0.3) is 16.7 Å². The Hall–Kier alpha value is -2.28. The third kappa shape index (κ3) is 2.72. The van der Waals surface area contributed by atoms with Crippen molar-refractivity contribution in [3.05, 3.63) is 50.7 Å². The molecule has 8 heteroatoms. The summed E-state index contributed by atoms with van der Waals surface area (Å²) in [7, 11) is 0. The number of nitrogens with zero attached hydrogens (tertiary/aromatic N) is 3. The Balaban J connectivity index is 2.23. The van der Waals surface area contributed by atoms with Crippen molar-refractivity contribution < 1.29 is 8.78 Å². The molecule has 0 saturated heterocycles. The maximum atomic E-state index is 13.5. The van der Waals surface area contributed by atoms with E-state index in [1.807, 2.05) is 0 Å². The average Bonchev–Trinajstić information content (AvgIpc) is 2.80. The number of alkyl halides is 2. The molecule has 0 spiro atoms. The van der Waals surface area contributed by atoms with Crippen LogP contribution in [0, 0.1) is 13.8 Å². The van der Waals surface area contributed by atoms with Crippen LogP contribution in [-0.2, 0) is 5.92 Å². The van der Waals surface area contributed by atoms with Crippen LogP contribution in [0.2, 0.25) is 5.28 Å². The van der Waals surface area contributed by atoms with E-state index in [-0.39, 0.29) is 21.9 Å². The van der Waals surface area contributed by atoms with Crippen LogP contribution in [0.15, 0.2) is 23.1 Å². The van der Waals surface area contributed by atoms with Gasteiger partial charge in [-0.2, -0.15) is 4.98 Å². The highest BCUT2D eigenvalue weighted by molar-refractivity contribution is 6.28. The fraction of sp³-hybridized carbons (Fsp3) is 0.267. The minimum atomic E-state index is -2.92. The lowest BCUT2D eigenvalue weighted by Crippen LogP contribution is -2.10. The molecule has 0 saturated carbocycles. The zero-order valence-corrected chi connectivity index (χ0v) is 13.4. The van der Waals surface area contributed by atoms with Crippen LogP contribution in [0.1, 0.15) is 23.6 Å². The van der Waals surface area contributed by atoms with Crippen LogP contribution < -0.4 is 5.56 Å². The van der Waals surface area contributed by atoms with E-state index in [0.29, 0.717) is 16.8 Å². The van der Waals surface area contributed by atoms with Crippen molar-refractivity contribution in [1.82, 2.24) is 19.7 Å². The summed E-state index contributed by atoms with van der Waals surface area (Å²) in [6, 6.07) is 2.83. The van der Waals surface area contributed by atoms with Gasteiger partial charge in [0.05, 0.1) is 5.69 Å². The lowest BCUT2D eigenvalue weighted by molar-refractivity contribution is 0.0173. The normalized spacial score (nSPS) is 12.1. The molecule has 5 nitrogen and oxygen atoms in total. The molecule has 23 heavy (non-hydrogen) atoms. The molecule has 0 unspecified atom stereocenters. The van der Waals surface area contributed by atoms with Crippen LogP contribution in [0.4, 0.5) is 8.78 Å². The molecule has 3 rings (SSSR count). The molecule has 0 atom stereocenters. The van der Waals surface area contributed by atoms with Crippen molar-refractivity contribution >= 4 is 22.6 Å². The minimum absolute atomic E-state index is 0.0535. The Labute approximate surface area is 134 Å². The van der Waals surface area contributed by atoms with E-state index in [9.17, 15) is 13.6 Å². The van der Waals surface area contributed by atoms with E-state index in [1.54, 1.807) is 13.8 Å². The number of fused-ring (bicyclic) bond motifs is 1. The third-order valence-electron chi connectivity index (χ3n) is 3.59. The molecule has 0 fully saturated rings. The number of hydrogen-bond donors (Lipinski definition) is 1. The fourth-order valence-electron chi connectivity index (χ4n) is 2.57. The fourth-order valence-corrected chi connectivity index (χ4v) is 2.74. The summed E-state index contributed by atoms with van der Waals surface area (Å²) in [5.74, 6) is -2.92. The quantitative estimate of drug-likeness (QED) is 0.727. The summed E-state index contributed by atoms with van der Waals surface area (Å²) in [5.41, 5.74) is 1.60. The molecule has 120 valence electrons. The molecule has 0 amide bonds. The number of rotatable bonds is 2. The molecule has 2 heterocycles. The molecule has 1 N–H and O–H groups in total. The summed E-state index contributed by atoms with van der Waals surface area (Å²) in [4.78, 5) is 18.2. The highest BCUT2D eigenvalue weighted by Gasteiger charge is 2.26. The molecule has 0 aliphatic rings. The van der Waals surface area contributed by atoms with Crippen molar-refractivity contribution in [2.75, 3.05) is 0 Å². The number of hydrogen-bond acceptors (Lipinski definition) is 3. The molecular formula is C15H13ClF2N4O. The van der Waals surface area contributed by atoms with Crippen molar-refractivity contribution in [3.63, 3.8) is 0 Å². The first kappa shape index (κ1) is 15.6. The lowest BCUT2D eigenvalue weighted by atomic mass is 10.0. The highest BCUT2D eigenvalue weighted by Crippen LogP contribution is 2.31. The van der Waals surface area contributed by atoms with E-state index in [4.69, 9.17) is 11.6 Å². The van der Waals surface area contributed by atoms with Crippen molar-refractivity contribution in [1.29, 1.82) is 0 Å². The Morgan fingerprint density at radius 2 is 1.87 bits per heavy atom. The van der Waals surface area contributed by atoms with E-state index in [1.165, 1.54) is 23.0 Å². The second-order valence-corrected chi connectivity index (χ2v) is 5.87. The molecule has 1 aromatic carbocycles. The topological polar surface area (TPSA) is 63.6 Å². The number of aryl methyl sites for hydroxylation is 2. The van der Waals surface area contributed by atoms with Gasteiger partial charge < -0.3 is 0 Å². The Morgan fingerprint density at radius 3 is 2.43 bits per heavy atom. The van der Waals surface area contributed by atoms with Gasteiger partial charge in [0.1, 0.15) is 5.39 Å². The van der Waals surface area contributed by atoms with Gasteiger partial charge >= 0.3 is 0 Å². The van der Waals surface area contributed by atoms with Crippen molar-refractivity contribution in [2.24, 2.45) is 0 Å². The Kier molecular flexibility index (Phi) is 3.48. The van der Waals surface area contributed by atoms with E-state index in [0.717, 1.165) is 6.92 Å². The summed E-state index contributed by atoms with van der Waals surface area (Å²) in [5, 5.41) is 4.45. The van der Waals surface area contributed by atoms with Crippen LogP contribution in [-0.4, -0.2) is 19.7 Å². The van der Waals surface area contributed by atoms with Crippen LogP contribution in [0.5, 0.6) is 0 Å². The maximum absolute atomic E-state index is 13.5. The molecule has 2 aromatic heterocycles. The second-order valence-electron chi connectivity index (χ2n) is 5.51. The minimum Gasteiger partial charge on any atom is -0.296 e. The number of aromatic nitrogens is 4. The first-order chi connectivity index (χ1) is 10.7. The van der Waals surface area contributed by atoms with Gasteiger partial charge in [0, 0.05) is 18.7 Å². The number of nitrogens with one attached hydrogen (secondary N) is 1. The van der Waals surface area contributed by atoms with Gasteiger partial charge in [-0.15, -0.1) is 5.10 Å². The lowest BCUT2D eigenvalue weighted by Gasteiger charge is -2.16. The van der Waals surface area contributed by atoms with Gasteiger partial charge in [-0.05, 0) is 48.7 Å². The van der Waals surface area contributed by atoms with Gasteiger partial charge in [0.15, 0.2) is 5.65 Å². The maximum Gasteiger partial charge on any atom is 0.270 e. The van der Waals surface area contributed by atoms with Gasteiger partial charge in [0.25, 0.3) is 11.5 Å². The van der Waals surface area contributed by atoms with E-state index >= 15 is 0 Å². The molecule has 3 aromatic rings. The number of benzene rings is 1. The van der Waals surface area contributed by atoms with E-state index in [2.05, 4.69) is 15.1 Å². The van der Waals surface area contributed by atoms with Crippen LogP contribution >= 0.6 is 11.6 Å². The zero-order valence-electron chi connectivity index (χ0n) is 12.6.